The maximum Gasteiger partial charge on any atom is 0.238 e. The van der Waals surface area contributed by atoms with Gasteiger partial charge in [0, 0.05) is 18.2 Å². The van der Waals surface area contributed by atoms with Gasteiger partial charge in [-0.25, -0.2) is 0 Å². The lowest BCUT2D eigenvalue weighted by atomic mass is 10.3. The van der Waals surface area contributed by atoms with Crippen molar-refractivity contribution in [1.82, 2.24) is 10.6 Å². The zero-order valence-corrected chi connectivity index (χ0v) is 8.01. The Morgan fingerprint density at radius 3 is 3.08 bits per heavy atom. The van der Waals surface area contributed by atoms with Crippen molar-refractivity contribution in [3.8, 4) is 0 Å². The van der Waals surface area contributed by atoms with E-state index in [4.69, 9.17) is 10.2 Å². The first-order valence-electron chi connectivity index (χ1n) is 4.12. The molecule has 0 spiro atoms. The van der Waals surface area contributed by atoms with Crippen LogP contribution < -0.4 is 10.6 Å². The lowest BCUT2D eigenvalue weighted by molar-refractivity contribution is -0.122. The van der Waals surface area contributed by atoms with Gasteiger partial charge in [-0.3, -0.25) is 10.1 Å². The zero-order valence-electron chi connectivity index (χ0n) is 7.19. The summed E-state index contributed by atoms with van der Waals surface area (Å²) in [6, 6.07) is -0.157. The number of nitrogens with one attached hydrogen (secondary N) is 2. The number of aliphatic hydroxyl groups excluding tert-OH is 2. The van der Waals surface area contributed by atoms with Crippen LogP contribution in [0, 0.1) is 0 Å². The van der Waals surface area contributed by atoms with E-state index in [2.05, 4.69) is 10.6 Å². The number of amides is 1. The Morgan fingerprint density at radius 2 is 2.54 bits per heavy atom. The van der Waals surface area contributed by atoms with E-state index in [1.165, 1.54) is 0 Å². The van der Waals surface area contributed by atoms with Gasteiger partial charge >= 0.3 is 0 Å². The largest absolute Gasteiger partial charge is 0.394 e. The molecule has 0 aromatic rings. The van der Waals surface area contributed by atoms with Crippen molar-refractivity contribution in [2.75, 3.05) is 24.8 Å². The van der Waals surface area contributed by atoms with Crippen LogP contribution in [-0.4, -0.2) is 53.0 Å². The summed E-state index contributed by atoms with van der Waals surface area (Å²) in [6.45, 7) is -0.217. The molecule has 2 atom stereocenters. The number of rotatable bonds is 4. The van der Waals surface area contributed by atoms with E-state index in [0.717, 1.165) is 11.6 Å². The Balaban J connectivity index is 2.16. The Labute approximate surface area is 80.9 Å². The molecule has 4 N–H and O–H groups in total. The number of hydrogen-bond donors (Lipinski definition) is 4. The summed E-state index contributed by atoms with van der Waals surface area (Å²) in [5, 5.41) is 23.0. The van der Waals surface area contributed by atoms with Crippen molar-refractivity contribution in [2.45, 2.75) is 12.1 Å². The summed E-state index contributed by atoms with van der Waals surface area (Å²) >= 11 is 1.67. The summed E-state index contributed by atoms with van der Waals surface area (Å²) in [6.07, 6.45) is -0.863. The minimum absolute atomic E-state index is 0.109. The summed E-state index contributed by atoms with van der Waals surface area (Å²) in [5.41, 5.74) is 0. The highest BCUT2D eigenvalue weighted by Crippen LogP contribution is 2.08. The summed E-state index contributed by atoms with van der Waals surface area (Å²) < 4.78 is 0. The lowest BCUT2D eigenvalue weighted by Crippen LogP contribution is -2.45. The Morgan fingerprint density at radius 1 is 1.77 bits per heavy atom. The van der Waals surface area contributed by atoms with Gasteiger partial charge < -0.3 is 15.5 Å². The molecule has 13 heavy (non-hydrogen) atoms. The number of thioether (sulfide) groups is 1. The van der Waals surface area contributed by atoms with Crippen molar-refractivity contribution in [1.29, 1.82) is 0 Å². The van der Waals surface area contributed by atoms with Crippen molar-refractivity contribution in [2.24, 2.45) is 0 Å². The van der Waals surface area contributed by atoms with E-state index in [1.54, 1.807) is 11.8 Å². The second-order valence-corrected chi connectivity index (χ2v) is 3.88. The summed E-state index contributed by atoms with van der Waals surface area (Å²) in [4.78, 5) is 11.3. The molecule has 1 saturated heterocycles. The molecule has 1 amide bonds. The highest BCUT2D eigenvalue weighted by Gasteiger charge is 2.22. The fraction of sp³-hybridized carbons (Fsp3) is 0.857. The SMILES string of the molecule is O=C(NCC(O)CO)C1CSCN1. The predicted octanol–water partition coefficient (Wildman–Crippen LogP) is -1.88. The van der Waals surface area contributed by atoms with Crippen LogP contribution in [0.25, 0.3) is 0 Å². The third-order valence-corrected chi connectivity index (χ3v) is 2.70. The molecule has 6 heteroatoms. The van der Waals surface area contributed by atoms with E-state index < -0.39 is 6.10 Å². The van der Waals surface area contributed by atoms with Crippen LogP contribution in [0.1, 0.15) is 0 Å². The molecular formula is C7H14N2O3S. The number of carbonyl (C=O) groups is 1. The van der Waals surface area contributed by atoms with Gasteiger partial charge in [-0.15, -0.1) is 11.8 Å². The van der Waals surface area contributed by atoms with E-state index >= 15 is 0 Å². The van der Waals surface area contributed by atoms with E-state index in [1.807, 2.05) is 0 Å². The smallest absolute Gasteiger partial charge is 0.238 e. The minimum atomic E-state index is -0.863. The third kappa shape index (κ3) is 3.51. The van der Waals surface area contributed by atoms with Gasteiger partial charge in [-0.1, -0.05) is 0 Å². The van der Waals surface area contributed by atoms with E-state index in [9.17, 15) is 4.79 Å². The molecule has 0 radical (unpaired) electrons. The minimum Gasteiger partial charge on any atom is -0.394 e. The molecule has 0 aromatic heterocycles. The average molecular weight is 206 g/mol. The number of aliphatic hydroxyl groups is 2. The quantitative estimate of drug-likeness (QED) is 0.433. The fourth-order valence-corrected chi connectivity index (χ4v) is 1.91. The molecule has 1 aliphatic heterocycles. The number of hydrogen-bond acceptors (Lipinski definition) is 5. The molecule has 76 valence electrons. The van der Waals surface area contributed by atoms with Crippen molar-refractivity contribution < 1.29 is 15.0 Å². The lowest BCUT2D eigenvalue weighted by Gasteiger charge is -2.12. The van der Waals surface area contributed by atoms with Gasteiger partial charge in [0.1, 0.15) is 0 Å². The Kier molecular flexibility index (Phi) is 4.51. The van der Waals surface area contributed by atoms with Crippen LogP contribution in [-0.2, 0) is 4.79 Å². The van der Waals surface area contributed by atoms with Crippen LogP contribution in [0.5, 0.6) is 0 Å². The topological polar surface area (TPSA) is 81.6 Å². The van der Waals surface area contributed by atoms with Crippen molar-refractivity contribution in [3.05, 3.63) is 0 Å². The normalized spacial score (nSPS) is 24.3. The molecule has 0 aliphatic carbocycles. The Hall–Kier alpha value is -0.300. The second-order valence-electron chi connectivity index (χ2n) is 2.85. The molecule has 2 unspecified atom stereocenters. The molecule has 0 bridgehead atoms. The summed E-state index contributed by atoms with van der Waals surface area (Å²) in [5.74, 6) is 1.44. The molecular weight excluding hydrogens is 192 g/mol. The molecule has 1 heterocycles. The summed E-state index contributed by atoms with van der Waals surface area (Å²) in [7, 11) is 0. The monoisotopic (exact) mass is 206 g/mol. The van der Waals surface area contributed by atoms with Gasteiger partial charge in [0.15, 0.2) is 0 Å². The van der Waals surface area contributed by atoms with Crippen LogP contribution in [0.3, 0.4) is 0 Å². The molecule has 1 fully saturated rings. The van der Waals surface area contributed by atoms with Crippen LogP contribution >= 0.6 is 11.8 Å². The average Bonchev–Trinajstić information content (AvgIpc) is 2.66. The molecule has 0 saturated carbocycles. The number of carbonyl (C=O) groups excluding carboxylic acids is 1. The first-order valence-corrected chi connectivity index (χ1v) is 5.27. The molecule has 1 aliphatic rings. The van der Waals surface area contributed by atoms with Gasteiger partial charge in [0.25, 0.3) is 0 Å². The van der Waals surface area contributed by atoms with Gasteiger partial charge in [-0.2, -0.15) is 0 Å². The second kappa shape index (κ2) is 5.43. The van der Waals surface area contributed by atoms with Gasteiger partial charge in [-0.05, 0) is 0 Å². The van der Waals surface area contributed by atoms with E-state index in [-0.39, 0.29) is 25.1 Å². The van der Waals surface area contributed by atoms with Crippen molar-refractivity contribution >= 4 is 17.7 Å². The predicted molar refractivity (Wildman–Crippen MR) is 50.4 cm³/mol. The van der Waals surface area contributed by atoms with Crippen LogP contribution in [0.2, 0.25) is 0 Å². The highest BCUT2D eigenvalue weighted by molar-refractivity contribution is 7.99. The van der Waals surface area contributed by atoms with Crippen LogP contribution in [0.15, 0.2) is 0 Å². The zero-order chi connectivity index (χ0) is 9.68. The highest BCUT2D eigenvalue weighted by atomic mass is 32.2. The fourth-order valence-electron chi connectivity index (χ4n) is 0.970. The van der Waals surface area contributed by atoms with Crippen LogP contribution in [0.4, 0.5) is 0 Å². The van der Waals surface area contributed by atoms with Crippen molar-refractivity contribution in [3.63, 3.8) is 0 Å². The maximum atomic E-state index is 11.3. The first kappa shape index (κ1) is 10.8. The first-order chi connectivity index (χ1) is 6.24. The Bertz CT molecular complexity index is 173. The standard InChI is InChI=1S/C7H14N2O3S/c10-2-5(11)1-8-7(12)6-3-13-4-9-6/h5-6,9-11H,1-4H2,(H,8,12). The van der Waals surface area contributed by atoms with Gasteiger partial charge in [0.05, 0.1) is 18.8 Å². The molecule has 0 aromatic carbocycles. The van der Waals surface area contributed by atoms with Gasteiger partial charge in [0.2, 0.25) is 5.91 Å². The van der Waals surface area contributed by atoms with E-state index in [0.29, 0.717) is 0 Å². The maximum absolute atomic E-state index is 11.3. The third-order valence-electron chi connectivity index (χ3n) is 1.76. The molecule has 5 nitrogen and oxygen atoms in total. The molecule has 1 rings (SSSR count).